The normalized spacial score (nSPS) is 16.9. The van der Waals surface area contributed by atoms with E-state index in [9.17, 15) is 0 Å². The van der Waals surface area contributed by atoms with Crippen LogP contribution in [0, 0.1) is 6.92 Å². The van der Waals surface area contributed by atoms with Crippen LogP contribution in [0.2, 0.25) is 0 Å². The minimum atomic E-state index is 0.163. The number of imidazole rings is 1. The molecule has 6 heteroatoms. The Kier molecular flexibility index (Phi) is 4.79. The molecule has 1 unspecified atom stereocenters. The van der Waals surface area contributed by atoms with Crippen molar-refractivity contribution >= 4 is 16.3 Å². The summed E-state index contributed by atoms with van der Waals surface area (Å²) in [5, 5.41) is 10.7. The molecule has 1 aliphatic rings. The van der Waals surface area contributed by atoms with Gasteiger partial charge in [0.15, 0.2) is 4.96 Å². The zero-order valence-corrected chi connectivity index (χ0v) is 19.0. The second-order valence-electron chi connectivity index (χ2n) is 9.28. The van der Waals surface area contributed by atoms with Gasteiger partial charge in [-0.2, -0.15) is 5.10 Å². The lowest BCUT2D eigenvalue weighted by atomic mass is 9.87. The summed E-state index contributed by atoms with van der Waals surface area (Å²) in [6, 6.07) is 9.20. The fourth-order valence-electron chi connectivity index (χ4n) is 4.47. The summed E-state index contributed by atoms with van der Waals surface area (Å²) in [4.78, 5) is 5.74. The predicted molar refractivity (Wildman–Crippen MR) is 123 cm³/mol. The summed E-state index contributed by atoms with van der Waals surface area (Å²) in [6.07, 6.45) is 7.58. The Morgan fingerprint density at radius 1 is 1.20 bits per heavy atom. The van der Waals surface area contributed by atoms with Crippen LogP contribution in [0.1, 0.15) is 67.9 Å². The van der Waals surface area contributed by atoms with E-state index >= 15 is 0 Å². The van der Waals surface area contributed by atoms with Crippen LogP contribution in [-0.2, 0) is 18.4 Å². The molecule has 1 aromatic carbocycles. The second-order valence-corrected chi connectivity index (χ2v) is 10.2. The minimum Gasteiger partial charge on any atom is -0.304 e. The number of thiazole rings is 1. The first-order chi connectivity index (χ1) is 14.4. The van der Waals surface area contributed by atoms with Crippen LogP contribution in [0.5, 0.6) is 0 Å². The number of aromatic nitrogens is 4. The highest BCUT2D eigenvalue weighted by Crippen LogP contribution is 2.32. The van der Waals surface area contributed by atoms with Crippen molar-refractivity contribution < 1.29 is 0 Å². The summed E-state index contributed by atoms with van der Waals surface area (Å²) in [7, 11) is 0. The van der Waals surface area contributed by atoms with Gasteiger partial charge in [0.2, 0.25) is 0 Å². The summed E-state index contributed by atoms with van der Waals surface area (Å²) < 4.78 is 4.34. The van der Waals surface area contributed by atoms with E-state index in [1.165, 1.54) is 28.9 Å². The fourth-order valence-corrected chi connectivity index (χ4v) is 5.25. The van der Waals surface area contributed by atoms with Gasteiger partial charge in [0.25, 0.3) is 0 Å². The number of hydrogen-bond donors (Lipinski definition) is 1. The maximum atomic E-state index is 4.78. The van der Waals surface area contributed by atoms with E-state index in [0.29, 0.717) is 6.04 Å². The molecule has 5 nitrogen and oxygen atoms in total. The SMILES string of the molecule is Cc1nc2sccn2c1CNC1CCCc2c1cnn2-c1ccc(C(C)(C)C)cc1. The lowest BCUT2D eigenvalue weighted by Crippen LogP contribution is -2.25. The standard InChI is InChI=1S/C24H29N5S/c1-16-22(28-12-13-30-23(28)27-16)15-25-20-6-5-7-21-19(20)14-26-29(21)18-10-8-17(9-11-18)24(2,3)4/h8-14,20,25H,5-7,15H2,1-4H3. The summed E-state index contributed by atoms with van der Waals surface area (Å²) in [6.45, 7) is 9.67. The first-order valence-electron chi connectivity index (χ1n) is 10.7. The van der Waals surface area contributed by atoms with Crippen LogP contribution in [0.4, 0.5) is 0 Å². The zero-order chi connectivity index (χ0) is 20.9. The van der Waals surface area contributed by atoms with Crippen molar-refractivity contribution in [3.05, 3.63) is 70.2 Å². The van der Waals surface area contributed by atoms with E-state index in [4.69, 9.17) is 5.10 Å². The Bertz CT molecular complexity index is 1170. The topological polar surface area (TPSA) is 47.1 Å². The lowest BCUT2D eigenvalue weighted by molar-refractivity contribution is 0.451. The molecule has 0 saturated heterocycles. The van der Waals surface area contributed by atoms with Crippen molar-refractivity contribution in [2.75, 3.05) is 0 Å². The van der Waals surface area contributed by atoms with Gasteiger partial charge in [0.05, 0.1) is 23.3 Å². The van der Waals surface area contributed by atoms with Crippen LogP contribution < -0.4 is 5.32 Å². The Hall–Kier alpha value is -2.44. The monoisotopic (exact) mass is 419 g/mol. The van der Waals surface area contributed by atoms with E-state index in [2.05, 4.69) is 89.1 Å². The molecule has 0 fully saturated rings. The maximum absolute atomic E-state index is 4.78. The van der Waals surface area contributed by atoms with Crippen molar-refractivity contribution in [2.45, 2.75) is 65.0 Å². The van der Waals surface area contributed by atoms with Crippen LogP contribution in [0.3, 0.4) is 0 Å². The van der Waals surface area contributed by atoms with Crippen molar-refractivity contribution in [2.24, 2.45) is 0 Å². The molecule has 30 heavy (non-hydrogen) atoms. The molecule has 0 spiro atoms. The van der Waals surface area contributed by atoms with Gasteiger partial charge in [-0.25, -0.2) is 9.67 Å². The molecule has 0 radical (unpaired) electrons. The van der Waals surface area contributed by atoms with Gasteiger partial charge in [-0.15, -0.1) is 11.3 Å². The summed E-state index contributed by atoms with van der Waals surface area (Å²) in [5.74, 6) is 0. The summed E-state index contributed by atoms with van der Waals surface area (Å²) in [5.41, 5.74) is 7.71. The average Bonchev–Trinajstić information content (AvgIpc) is 3.41. The second kappa shape index (κ2) is 7.36. The van der Waals surface area contributed by atoms with E-state index in [-0.39, 0.29) is 5.41 Å². The zero-order valence-electron chi connectivity index (χ0n) is 18.1. The lowest BCUT2D eigenvalue weighted by Gasteiger charge is -2.24. The number of hydrogen-bond acceptors (Lipinski definition) is 4. The highest BCUT2D eigenvalue weighted by Gasteiger charge is 2.25. The van der Waals surface area contributed by atoms with Gasteiger partial charge in [0, 0.05) is 35.4 Å². The molecule has 0 aliphatic heterocycles. The average molecular weight is 420 g/mol. The van der Waals surface area contributed by atoms with Gasteiger partial charge in [-0.1, -0.05) is 32.9 Å². The molecule has 0 bridgehead atoms. The highest BCUT2D eigenvalue weighted by molar-refractivity contribution is 7.15. The molecule has 0 amide bonds. The van der Waals surface area contributed by atoms with Crippen LogP contribution in [0.25, 0.3) is 10.6 Å². The highest BCUT2D eigenvalue weighted by atomic mass is 32.1. The minimum absolute atomic E-state index is 0.163. The molecule has 3 aromatic heterocycles. The van der Waals surface area contributed by atoms with Gasteiger partial charge < -0.3 is 5.32 Å². The molecule has 1 atom stereocenters. The molecular weight excluding hydrogens is 390 g/mol. The first-order valence-corrected chi connectivity index (χ1v) is 11.6. The molecule has 0 saturated carbocycles. The molecule has 156 valence electrons. The van der Waals surface area contributed by atoms with Gasteiger partial charge in [-0.05, 0) is 49.3 Å². The Labute approximate surface area is 181 Å². The van der Waals surface area contributed by atoms with Crippen molar-refractivity contribution in [3.8, 4) is 5.69 Å². The number of fused-ring (bicyclic) bond motifs is 2. The third kappa shape index (κ3) is 3.38. The van der Waals surface area contributed by atoms with E-state index in [1.807, 2.05) is 0 Å². The molecular formula is C24H29N5S. The van der Waals surface area contributed by atoms with Gasteiger partial charge >= 0.3 is 0 Å². The third-order valence-electron chi connectivity index (χ3n) is 6.24. The molecule has 1 N–H and O–H groups in total. The molecule has 1 aliphatic carbocycles. The van der Waals surface area contributed by atoms with Gasteiger partial charge in [-0.3, -0.25) is 4.40 Å². The van der Waals surface area contributed by atoms with Crippen LogP contribution >= 0.6 is 11.3 Å². The van der Waals surface area contributed by atoms with Crippen molar-refractivity contribution in [1.82, 2.24) is 24.5 Å². The fraction of sp³-hybridized carbons (Fsp3) is 0.417. The predicted octanol–water partition coefficient (Wildman–Crippen LogP) is 5.35. The third-order valence-corrected chi connectivity index (χ3v) is 6.99. The maximum Gasteiger partial charge on any atom is 0.194 e. The first kappa shape index (κ1) is 19.5. The molecule has 4 aromatic rings. The van der Waals surface area contributed by atoms with E-state index in [0.717, 1.165) is 35.7 Å². The van der Waals surface area contributed by atoms with Gasteiger partial charge in [0.1, 0.15) is 0 Å². The van der Waals surface area contributed by atoms with Crippen LogP contribution in [0.15, 0.2) is 42.0 Å². The number of rotatable bonds is 4. The van der Waals surface area contributed by atoms with Crippen LogP contribution in [-0.4, -0.2) is 19.2 Å². The number of nitrogens with zero attached hydrogens (tertiary/aromatic N) is 4. The Morgan fingerprint density at radius 2 is 2.00 bits per heavy atom. The number of nitrogens with one attached hydrogen (secondary N) is 1. The number of aryl methyl sites for hydroxylation is 1. The van der Waals surface area contributed by atoms with E-state index < -0.39 is 0 Å². The quantitative estimate of drug-likeness (QED) is 0.485. The molecule has 3 heterocycles. The van der Waals surface area contributed by atoms with Crippen molar-refractivity contribution in [1.29, 1.82) is 0 Å². The Balaban J connectivity index is 1.39. The molecule has 5 rings (SSSR count). The van der Waals surface area contributed by atoms with E-state index in [1.54, 1.807) is 11.3 Å². The van der Waals surface area contributed by atoms with Crippen molar-refractivity contribution in [3.63, 3.8) is 0 Å². The smallest absolute Gasteiger partial charge is 0.194 e. The summed E-state index contributed by atoms with van der Waals surface area (Å²) >= 11 is 1.69. The largest absolute Gasteiger partial charge is 0.304 e. The number of benzene rings is 1. The Morgan fingerprint density at radius 3 is 2.77 bits per heavy atom.